The third-order valence-electron chi connectivity index (χ3n) is 3.33. The second-order valence-electron chi connectivity index (χ2n) is 5.22. The maximum absolute atomic E-state index is 11.8. The molecule has 0 aromatic heterocycles. The molecule has 1 aromatic rings. The Morgan fingerprint density at radius 3 is 2.62 bits per heavy atom. The molecule has 1 aromatic carbocycles. The minimum atomic E-state index is -0.0741. The highest BCUT2D eigenvalue weighted by Gasteiger charge is 2.15. The summed E-state index contributed by atoms with van der Waals surface area (Å²) in [5.74, 6) is 1.42. The van der Waals surface area contributed by atoms with Gasteiger partial charge < -0.3 is 20.1 Å². The third-order valence-corrected chi connectivity index (χ3v) is 3.33. The van der Waals surface area contributed by atoms with Crippen LogP contribution in [0.2, 0.25) is 0 Å². The van der Waals surface area contributed by atoms with Crippen molar-refractivity contribution < 1.29 is 14.3 Å². The number of carbonyl (C=O) groups is 1. The van der Waals surface area contributed by atoms with E-state index in [4.69, 9.17) is 9.47 Å². The maximum Gasteiger partial charge on any atom is 0.258 e. The molecular formula is C16H24N2O3. The first-order chi connectivity index (χ1) is 10.3. The molecule has 1 heterocycles. The Morgan fingerprint density at radius 2 is 2.00 bits per heavy atom. The molecule has 0 spiro atoms. The minimum Gasteiger partial charge on any atom is -0.494 e. The van der Waals surface area contributed by atoms with E-state index in [-0.39, 0.29) is 18.6 Å². The van der Waals surface area contributed by atoms with E-state index in [0.717, 1.165) is 38.1 Å². The molecule has 21 heavy (non-hydrogen) atoms. The van der Waals surface area contributed by atoms with Gasteiger partial charge in [-0.25, -0.2) is 0 Å². The summed E-state index contributed by atoms with van der Waals surface area (Å²) in [4.78, 5) is 11.8. The van der Waals surface area contributed by atoms with E-state index in [1.165, 1.54) is 0 Å². The summed E-state index contributed by atoms with van der Waals surface area (Å²) >= 11 is 0. The summed E-state index contributed by atoms with van der Waals surface area (Å²) in [6, 6.07) is 7.57. The average molecular weight is 292 g/mol. The molecule has 0 unspecified atom stereocenters. The van der Waals surface area contributed by atoms with Crippen LogP contribution in [0.5, 0.6) is 11.5 Å². The normalized spacial score (nSPS) is 18.0. The van der Waals surface area contributed by atoms with E-state index >= 15 is 0 Å². The van der Waals surface area contributed by atoms with Crippen LogP contribution >= 0.6 is 0 Å². The second-order valence-corrected chi connectivity index (χ2v) is 5.22. The van der Waals surface area contributed by atoms with Gasteiger partial charge in [0.05, 0.1) is 6.61 Å². The summed E-state index contributed by atoms with van der Waals surface area (Å²) < 4.78 is 11.0. The summed E-state index contributed by atoms with van der Waals surface area (Å²) in [6.45, 7) is 4.70. The molecule has 2 rings (SSSR count). The summed E-state index contributed by atoms with van der Waals surface area (Å²) in [7, 11) is 0. The first kappa shape index (κ1) is 15.6. The molecule has 0 radical (unpaired) electrons. The Morgan fingerprint density at radius 1 is 1.29 bits per heavy atom. The Labute approximate surface area is 126 Å². The molecule has 5 nitrogen and oxygen atoms in total. The topological polar surface area (TPSA) is 59.6 Å². The number of nitrogens with one attached hydrogen (secondary N) is 2. The lowest BCUT2D eigenvalue weighted by Gasteiger charge is -2.23. The Hall–Kier alpha value is -1.75. The van der Waals surface area contributed by atoms with Gasteiger partial charge in [-0.3, -0.25) is 4.79 Å². The first-order valence-electron chi connectivity index (χ1n) is 7.63. The Kier molecular flexibility index (Phi) is 6.34. The SMILES string of the molecule is CCCOc1ccc(OCC(=O)N[C@H]2CCCNC2)cc1. The number of rotatable bonds is 7. The van der Waals surface area contributed by atoms with Crippen molar-refractivity contribution in [2.45, 2.75) is 32.2 Å². The zero-order valence-electron chi connectivity index (χ0n) is 12.6. The lowest BCUT2D eigenvalue weighted by Crippen LogP contribution is -2.46. The van der Waals surface area contributed by atoms with E-state index in [1.54, 1.807) is 0 Å². The quantitative estimate of drug-likeness (QED) is 0.803. The molecular weight excluding hydrogens is 268 g/mol. The van der Waals surface area contributed by atoms with E-state index in [9.17, 15) is 4.79 Å². The van der Waals surface area contributed by atoms with Gasteiger partial charge in [0.1, 0.15) is 11.5 Å². The lowest BCUT2D eigenvalue weighted by molar-refractivity contribution is -0.123. The van der Waals surface area contributed by atoms with E-state index in [1.807, 2.05) is 24.3 Å². The maximum atomic E-state index is 11.8. The second kappa shape index (κ2) is 8.52. The van der Waals surface area contributed by atoms with Gasteiger partial charge >= 0.3 is 0 Å². The van der Waals surface area contributed by atoms with Crippen molar-refractivity contribution in [1.82, 2.24) is 10.6 Å². The van der Waals surface area contributed by atoms with Gasteiger partial charge in [-0.1, -0.05) is 6.92 Å². The highest BCUT2D eigenvalue weighted by molar-refractivity contribution is 5.77. The average Bonchev–Trinajstić information content (AvgIpc) is 2.53. The van der Waals surface area contributed by atoms with Crippen LogP contribution in [0.4, 0.5) is 0 Å². The van der Waals surface area contributed by atoms with Crippen molar-refractivity contribution in [3.8, 4) is 11.5 Å². The van der Waals surface area contributed by atoms with Crippen molar-refractivity contribution in [3.63, 3.8) is 0 Å². The predicted molar refractivity (Wildman–Crippen MR) is 81.8 cm³/mol. The Bertz CT molecular complexity index is 428. The van der Waals surface area contributed by atoms with Gasteiger partial charge in [0.2, 0.25) is 0 Å². The molecule has 0 saturated carbocycles. The first-order valence-corrected chi connectivity index (χ1v) is 7.63. The number of benzene rings is 1. The van der Waals surface area contributed by atoms with Gasteiger partial charge in [0.25, 0.3) is 5.91 Å². The smallest absolute Gasteiger partial charge is 0.258 e. The van der Waals surface area contributed by atoms with Crippen LogP contribution in [0.1, 0.15) is 26.2 Å². The van der Waals surface area contributed by atoms with Gasteiger partial charge in [-0.15, -0.1) is 0 Å². The standard InChI is InChI=1S/C16H24N2O3/c1-2-10-20-14-5-7-15(8-6-14)21-12-16(19)18-13-4-3-9-17-11-13/h5-8,13,17H,2-4,9-12H2,1H3,(H,18,19)/t13-/m0/s1. The largest absolute Gasteiger partial charge is 0.494 e. The Balaban J connectivity index is 1.70. The monoisotopic (exact) mass is 292 g/mol. The molecule has 1 atom stereocenters. The van der Waals surface area contributed by atoms with Crippen LogP contribution < -0.4 is 20.1 Å². The van der Waals surface area contributed by atoms with Crippen molar-refractivity contribution in [2.24, 2.45) is 0 Å². The van der Waals surface area contributed by atoms with E-state index in [0.29, 0.717) is 12.4 Å². The molecule has 5 heteroatoms. The highest BCUT2D eigenvalue weighted by atomic mass is 16.5. The molecule has 1 aliphatic rings. The zero-order valence-corrected chi connectivity index (χ0v) is 12.6. The van der Waals surface area contributed by atoms with Crippen molar-refractivity contribution in [2.75, 3.05) is 26.3 Å². The molecule has 1 aliphatic heterocycles. The number of carbonyl (C=O) groups excluding carboxylic acids is 1. The lowest BCUT2D eigenvalue weighted by atomic mass is 10.1. The fourth-order valence-corrected chi connectivity index (χ4v) is 2.25. The number of amides is 1. The molecule has 0 bridgehead atoms. The summed E-state index contributed by atoms with van der Waals surface area (Å²) in [5.41, 5.74) is 0. The highest BCUT2D eigenvalue weighted by Crippen LogP contribution is 2.17. The summed E-state index contributed by atoms with van der Waals surface area (Å²) in [5, 5.41) is 6.24. The fraction of sp³-hybridized carbons (Fsp3) is 0.562. The number of hydrogen-bond acceptors (Lipinski definition) is 4. The van der Waals surface area contributed by atoms with E-state index in [2.05, 4.69) is 17.6 Å². The summed E-state index contributed by atoms with van der Waals surface area (Å²) in [6.07, 6.45) is 3.11. The van der Waals surface area contributed by atoms with Crippen LogP contribution in [0.3, 0.4) is 0 Å². The molecule has 2 N–H and O–H groups in total. The molecule has 1 amide bonds. The van der Waals surface area contributed by atoms with Crippen LogP contribution in [-0.4, -0.2) is 38.3 Å². The number of piperidine rings is 1. The van der Waals surface area contributed by atoms with Crippen molar-refractivity contribution >= 4 is 5.91 Å². The van der Waals surface area contributed by atoms with Gasteiger partial charge in [0, 0.05) is 12.6 Å². The minimum absolute atomic E-state index is 0.0473. The van der Waals surface area contributed by atoms with E-state index < -0.39 is 0 Å². The van der Waals surface area contributed by atoms with Gasteiger partial charge in [-0.05, 0) is 50.1 Å². The van der Waals surface area contributed by atoms with Crippen LogP contribution in [-0.2, 0) is 4.79 Å². The molecule has 0 aliphatic carbocycles. The molecule has 1 fully saturated rings. The number of ether oxygens (including phenoxy) is 2. The molecule has 116 valence electrons. The van der Waals surface area contributed by atoms with Crippen LogP contribution in [0, 0.1) is 0 Å². The predicted octanol–water partition coefficient (Wildman–Crippen LogP) is 1.72. The van der Waals surface area contributed by atoms with Crippen LogP contribution in [0.15, 0.2) is 24.3 Å². The van der Waals surface area contributed by atoms with Gasteiger partial charge in [-0.2, -0.15) is 0 Å². The van der Waals surface area contributed by atoms with Gasteiger partial charge in [0.15, 0.2) is 6.61 Å². The van der Waals surface area contributed by atoms with Crippen LogP contribution in [0.25, 0.3) is 0 Å². The van der Waals surface area contributed by atoms with Crippen molar-refractivity contribution in [1.29, 1.82) is 0 Å². The zero-order chi connectivity index (χ0) is 14.9. The number of hydrogen-bond donors (Lipinski definition) is 2. The third kappa shape index (κ3) is 5.63. The van der Waals surface area contributed by atoms with Crippen molar-refractivity contribution in [3.05, 3.63) is 24.3 Å². The fourth-order valence-electron chi connectivity index (χ4n) is 2.25. The molecule has 1 saturated heterocycles.